The van der Waals surface area contributed by atoms with Gasteiger partial charge in [-0.2, -0.15) is 0 Å². The van der Waals surface area contributed by atoms with E-state index in [4.69, 9.17) is 4.74 Å². The minimum Gasteiger partial charge on any atom is -0.423 e. The van der Waals surface area contributed by atoms with E-state index in [1.807, 2.05) is 0 Å². The van der Waals surface area contributed by atoms with Crippen LogP contribution in [0.15, 0.2) is 83.9 Å². The maximum absolute atomic E-state index is 12.7. The Morgan fingerprint density at radius 1 is 0.737 bits per heavy atom. The highest BCUT2D eigenvalue weighted by atomic mass is 16.5. The summed E-state index contributed by atoms with van der Waals surface area (Å²) in [5, 5.41) is 2.98. The highest BCUT2D eigenvalue weighted by Crippen LogP contribution is 2.27. The van der Waals surface area contributed by atoms with Crippen LogP contribution < -0.4 is 15.0 Å². The number of nitrogens with zero attached hydrogens (tertiary/aromatic N) is 1. The summed E-state index contributed by atoms with van der Waals surface area (Å²) >= 11 is 0. The number of imide groups is 1. The topological polar surface area (TPSA) is 110 Å². The van der Waals surface area contributed by atoms with Gasteiger partial charge in [-0.3, -0.25) is 19.2 Å². The van der Waals surface area contributed by atoms with Crippen LogP contribution in [-0.4, -0.2) is 36.4 Å². The van der Waals surface area contributed by atoms with Crippen molar-refractivity contribution in [2.24, 2.45) is 0 Å². The number of esters is 1. The molecule has 1 N–H and O–H groups in total. The Morgan fingerprint density at radius 2 is 1.29 bits per heavy atom. The minimum atomic E-state index is -0.594. The highest BCUT2D eigenvalue weighted by Gasteiger charge is 2.34. The first-order valence-corrected chi connectivity index (χ1v) is 12.0. The molecule has 1 aliphatic rings. The lowest BCUT2D eigenvalue weighted by Crippen LogP contribution is -2.31. The second kappa shape index (κ2) is 11.0. The molecule has 38 heavy (non-hydrogen) atoms. The monoisotopic (exact) mass is 510 g/mol. The van der Waals surface area contributed by atoms with E-state index in [1.165, 1.54) is 30.3 Å². The van der Waals surface area contributed by atoms with E-state index < -0.39 is 5.97 Å². The van der Waals surface area contributed by atoms with Gasteiger partial charge in [0, 0.05) is 47.8 Å². The van der Waals surface area contributed by atoms with E-state index in [9.17, 15) is 24.0 Å². The largest absolute Gasteiger partial charge is 0.423 e. The molecule has 0 unspecified atom stereocenters. The van der Waals surface area contributed by atoms with Crippen molar-refractivity contribution in [2.75, 3.05) is 17.3 Å². The van der Waals surface area contributed by atoms with Gasteiger partial charge in [0.25, 0.3) is 11.8 Å². The number of ether oxygens (including phenoxy) is 1. The number of Topliss-reactive ketones (excluding diaryl/α,β-unsaturated/α-hetero) is 2. The van der Waals surface area contributed by atoms with Gasteiger partial charge >= 0.3 is 5.97 Å². The fourth-order valence-electron chi connectivity index (χ4n) is 3.97. The maximum Gasteiger partial charge on any atom is 0.343 e. The molecule has 0 fully saturated rings. The summed E-state index contributed by atoms with van der Waals surface area (Å²) in [6.45, 7) is 3.21. The molecule has 1 aliphatic heterocycles. The van der Waals surface area contributed by atoms with E-state index >= 15 is 0 Å². The van der Waals surface area contributed by atoms with Gasteiger partial charge in [-0.25, -0.2) is 9.69 Å². The smallest absolute Gasteiger partial charge is 0.343 e. The van der Waals surface area contributed by atoms with Gasteiger partial charge in [0.2, 0.25) is 0 Å². The van der Waals surface area contributed by atoms with Crippen LogP contribution in [0.4, 0.5) is 11.4 Å². The zero-order chi connectivity index (χ0) is 27.4. The summed E-state index contributed by atoms with van der Waals surface area (Å²) in [6.07, 6.45) is -0.0814. The molecule has 0 aliphatic carbocycles. The zero-order valence-electron chi connectivity index (χ0n) is 21.2. The van der Waals surface area contributed by atoms with Crippen LogP contribution in [0.3, 0.4) is 0 Å². The Bertz CT molecular complexity index is 1450. The van der Waals surface area contributed by atoms with E-state index in [0.717, 1.165) is 10.6 Å². The Kier molecular flexibility index (Phi) is 7.62. The van der Waals surface area contributed by atoms with Gasteiger partial charge in [-0.1, -0.05) is 12.1 Å². The fourth-order valence-corrected chi connectivity index (χ4v) is 3.97. The fraction of sp³-hybridized carbons (Fsp3) is 0.167. The first-order chi connectivity index (χ1) is 18.2. The molecule has 8 heteroatoms. The highest BCUT2D eigenvalue weighted by molar-refractivity contribution is 6.32. The van der Waals surface area contributed by atoms with Crippen molar-refractivity contribution in [3.8, 4) is 5.75 Å². The molecule has 0 radical (unpaired) electrons. The summed E-state index contributed by atoms with van der Waals surface area (Å²) in [5.74, 6) is -1.51. The molecule has 0 bridgehead atoms. The Hall–Kier alpha value is -4.85. The van der Waals surface area contributed by atoms with Gasteiger partial charge in [0.15, 0.2) is 11.6 Å². The van der Waals surface area contributed by atoms with Gasteiger partial charge in [0.1, 0.15) is 5.75 Å². The molecule has 0 saturated carbocycles. The summed E-state index contributed by atoms with van der Waals surface area (Å²) < 4.78 is 5.38. The first kappa shape index (κ1) is 26.2. The SMILES string of the molecule is CNc1ccc(OC(=O)c2cccc(C(=O)CCC(=O)c3ccc(N4C(=O)C(C)=C(C)C4=O)cc3)c2)cc1. The average Bonchev–Trinajstić information content (AvgIpc) is 3.14. The molecule has 2 amide bonds. The number of carbonyl (C=O) groups is 5. The first-order valence-electron chi connectivity index (χ1n) is 12.0. The lowest BCUT2D eigenvalue weighted by Gasteiger charge is -2.15. The summed E-state index contributed by atoms with van der Waals surface area (Å²) in [6, 6.07) is 19.2. The molecule has 4 rings (SSSR count). The van der Waals surface area contributed by atoms with Gasteiger partial charge < -0.3 is 10.1 Å². The molecule has 0 spiro atoms. The van der Waals surface area contributed by atoms with E-state index in [0.29, 0.717) is 33.7 Å². The van der Waals surface area contributed by atoms with Gasteiger partial charge in [-0.05, 0) is 74.5 Å². The molecule has 3 aromatic rings. The number of hydrogen-bond donors (Lipinski definition) is 1. The van der Waals surface area contributed by atoms with Crippen LogP contribution in [0.2, 0.25) is 0 Å². The number of hydrogen-bond acceptors (Lipinski definition) is 7. The number of amides is 2. The lowest BCUT2D eigenvalue weighted by molar-refractivity contribution is -0.120. The van der Waals surface area contributed by atoms with Crippen molar-refractivity contribution in [3.63, 3.8) is 0 Å². The third-order valence-corrected chi connectivity index (χ3v) is 6.41. The molecule has 8 nitrogen and oxygen atoms in total. The van der Waals surface area contributed by atoms with Crippen LogP contribution >= 0.6 is 0 Å². The van der Waals surface area contributed by atoms with E-state index in [2.05, 4.69) is 5.32 Å². The predicted octanol–water partition coefficient (Wildman–Crippen LogP) is 5.00. The van der Waals surface area contributed by atoms with Crippen molar-refractivity contribution < 1.29 is 28.7 Å². The number of nitrogens with one attached hydrogen (secondary N) is 1. The molecular formula is C30H26N2O6. The minimum absolute atomic E-state index is 0.0357. The maximum atomic E-state index is 12.7. The lowest BCUT2D eigenvalue weighted by atomic mass is 10.00. The molecule has 3 aromatic carbocycles. The van der Waals surface area contributed by atoms with Gasteiger partial charge in [-0.15, -0.1) is 0 Å². The molecular weight excluding hydrogens is 484 g/mol. The van der Waals surface area contributed by atoms with E-state index in [1.54, 1.807) is 63.4 Å². The van der Waals surface area contributed by atoms with Crippen LogP contribution in [0.5, 0.6) is 5.75 Å². The van der Waals surface area contributed by atoms with Gasteiger partial charge in [0.05, 0.1) is 11.3 Å². The Labute approximate surface area is 219 Å². The standard InChI is InChI=1S/C30H26N2O6/c1-18-19(2)29(36)32(28(18)35)24-11-7-20(8-12-24)26(33)15-16-27(34)21-5-4-6-22(17-21)30(37)38-25-13-9-23(31-3)10-14-25/h4-14,17,31H,15-16H2,1-3H3. The number of rotatable bonds is 9. The molecule has 0 saturated heterocycles. The number of ketones is 2. The van der Waals surface area contributed by atoms with Crippen LogP contribution in [-0.2, 0) is 9.59 Å². The zero-order valence-corrected chi connectivity index (χ0v) is 21.2. The molecule has 0 atom stereocenters. The predicted molar refractivity (Wildman–Crippen MR) is 143 cm³/mol. The number of benzene rings is 3. The third kappa shape index (κ3) is 5.44. The summed E-state index contributed by atoms with van der Waals surface area (Å²) in [7, 11) is 1.79. The van der Waals surface area contributed by atoms with Crippen LogP contribution in [0.1, 0.15) is 57.8 Å². The third-order valence-electron chi connectivity index (χ3n) is 6.41. The molecule has 192 valence electrons. The summed E-state index contributed by atoms with van der Waals surface area (Å²) in [5.41, 5.74) is 2.94. The normalized spacial score (nSPS) is 13.1. The number of anilines is 2. The Balaban J connectivity index is 1.35. The molecule has 1 heterocycles. The van der Waals surface area contributed by atoms with E-state index in [-0.39, 0.29) is 41.8 Å². The van der Waals surface area contributed by atoms with Crippen molar-refractivity contribution in [1.82, 2.24) is 0 Å². The quantitative estimate of drug-likeness (QED) is 0.187. The van der Waals surface area contributed by atoms with Crippen molar-refractivity contribution in [2.45, 2.75) is 26.7 Å². The van der Waals surface area contributed by atoms with Crippen molar-refractivity contribution >= 4 is 40.7 Å². The van der Waals surface area contributed by atoms with Crippen molar-refractivity contribution in [1.29, 1.82) is 0 Å². The second-order valence-corrected chi connectivity index (χ2v) is 8.83. The van der Waals surface area contributed by atoms with Crippen molar-refractivity contribution in [3.05, 3.63) is 101 Å². The number of carbonyl (C=O) groups excluding carboxylic acids is 5. The average molecular weight is 511 g/mol. The summed E-state index contributed by atoms with van der Waals surface area (Å²) in [4.78, 5) is 63.8. The Morgan fingerprint density at radius 3 is 1.87 bits per heavy atom. The molecule has 0 aromatic heterocycles. The second-order valence-electron chi connectivity index (χ2n) is 8.83. The van der Waals surface area contributed by atoms with Crippen LogP contribution in [0.25, 0.3) is 0 Å². The van der Waals surface area contributed by atoms with Crippen LogP contribution in [0, 0.1) is 0 Å².